The highest BCUT2D eigenvalue weighted by Gasteiger charge is 2.30. The van der Waals surface area contributed by atoms with Gasteiger partial charge in [-0.15, -0.1) is 0 Å². The van der Waals surface area contributed by atoms with E-state index in [0.717, 1.165) is 6.20 Å². The lowest BCUT2D eigenvalue weighted by Gasteiger charge is -2.33. The van der Waals surface area contributed by atoms with Crippen LogP contribution < -0.4 is 10.6 Å². The predicted octanol–water partition coefficient (Wildman–Crippen LogP) is 2.12. The van der Waals surface area contributed by atoms with E-state index in [2.05, 4.69) is 15.6 Å². The highest BCUT2D eigenvalue weighted by molar-refractivity contribution is 5.73. The molecule has 1 atom stereocenters. The van der Waals surface area contributed by atoms with Crippen LogP contribution in [0.4, 0.5) is 13.6 Å². The van der Waals surface area contributed by atoms with Gasteiger partial charge in [0.05, 0.1) is 12.6 Å². The number of aromatic nitrogens is 2. The van der Waals surface area contributed by atoms with Crippen LogP contribution in [0.3, 0.4) is 0 Å². The van der Waals surface area contributed by atoms with Crippen LogP contribution in [-0.4, -0.2) is 33.3 Å². The largest absolute Gasteiger partial charge is 0.392 e. The van der Waals surface area contributed by atoms with Gasteiger partial charge in [0.25, 0.3) is 0 Å². The summed E-state index contributed by atoms with van der Waals surface area (Å²) >= 11 is 0. The van der Waals surface area contributed by atoms with Crippen molar-refractivity contribution in [2.24, 2.45) is 11.3 Å². The van der Waals surface area contributed by atoms with Gasteiger partial charge >= 0.3 is 12.6 Å². The zero-order valence-corrected chi connectivity index (χ0v) is 13.3. The van der Waals surface area contributed by atoms with Crippen molar-refractivity contribution in [2.45, 2.75) is 46.9 Å². The molecule has 0 aromatic carbocycles. The number of urea groups is 1. The molecule has 1 aromatic rings. The van der Waals surface area contributed by atoms with Gasteiger partial charge in [0, 0.05) is 24.4 Å². The molecule has 0 saturated heterocycles. The predicted molar refractivity (Wildman–Crippen MR) is 78.3 cm³/mol. The van der Waals surface area contributed by atoms with Crippen molar-refractivity contribution in [1.82, 2.24) is 20.2 Å². The summed E-state index contributed by atoms with van der Waals surface area (Å²) in [6, 6.07) is -0.493. The van der Waals surface area contributed by atoms with Gasteiger partial charge in [-0.05, 0) is 5.92 Å². The fourth-order valence-electron chi connectivity index (χ4n) is 2.20. The molecule has 1 unspecified atom stereocenters. The second kappa shape index (κ2) is 7.53. The number of halogens is 2. The molecule has 0 fully saturated rings. The molecular weight excluding hydrogens is 294 g/mol. The molecule has 1 rings (SSSR count). The smallest absolute Gasteiger partial charge is 0.319 e. The van der Waals surface area contributed by atoms with E-state index >= 15 is 0 Å². The van der Waals surface area contributed by atoms with Gasteiger partial charge in [-0.3, -0.25) is 4.57 Å². The van der Waals surface area contributed by atoms with Gasteiger partial charge in [0.2, 0.25) is 0 Å². The Kier molecular flexibility index (Phi) is 6.28. The normalized spacial score (nSPS) is 13.5. The number of carbonyl (C=O) groups excluding carboxylic acids is 1. The number of amides is 2. The maximum absolute atomic E-state index is 12.6. The topological polar surface area (TPSA) is 79.2 Å². The lowest BCUT2D eigenvalue weighted by molar-refractivity contribution is 0.0151. The van der Waals surface area contributed by atoms with Crippen LogP contribution in [0.2, 0.25) is 0 Å². The highest BCUT2D eigenvalue weighted by Crippen LogP contribution is 2.24. The molecule has 0 radical (unpaired) electrons. The Morgan fingerprint density at radius 1 is 1.41 bits per heavy atom. The number of alkyl halides is 2. The molecule has 0 aliphatic carbocycles. The Labute approximate surface area is 128 Å². The third-order valence-corrected chi connectivity index (χ3v) is 3.50. The van der Waals surface area contributed by atoms with Gasteiger partial charge in [-0.25, -0.2) is 9.78 Å². The highest BCUT2D eigenvalue weighted by atomic mass is 19.3. The fourth-order valence-corrected chi connectivity index (χ4v) is 2.20. The Morgan fingerprint density at radius 3 is 2.59 bits per heavy atom. The molecule has 8 heteroatoms. The molecule has 1 aromatic heterocycles. The summed E-state index contributed by atoms with van der Waals surface area (Å²) in [5, 5.41) is 15.2. The van der Waals surface area contributed by atoms with Crippen LogP contribution in [0, 0.1) is 11.3 Å². The standard InChI is InChI=1S/C14H24F2N4O2/c1-9(2)11(21)14(3,4)8-19-13(22)18-7-10-17-5-6-20(10)12(15)16/h5-6,9,11-12,21H,7-8H2,1-4H3,(H2,18,19,22). The quantitative estimate of drug-likeness (QED) is 0.720. The Bertz CT molecular complexity index is 489. The van der Waals surface area contributed by atoms with Crippen LogP contribution >= 0.6 is 0 Å². The molecule has 0 bridgehead atoms. The maximum Gasteiger partial charge on any atom is 0.319 e. The van der Waals surface area contributed by atoms with Crippen molar-refractivity contribution in [3.05, 3.63) is 18.2 Å². The molecular formula is C14H24F2N4O2. The zero-order chi connectivity index (χ0) is 16.9. The SMILES string of the molecule is CC(C)C(O)C(C)(C)CNC(=O)NCc1nccn1C(F)F. The Balaban J connectivity index is 2.45. The van der Waals surface area contributed by atoms with E-state index in [9.17, 15) is 18.7 Å². The number of nitrogens with one attached hydrogen (secondary N) is 2. The lowest BCUT2D eigenvalue weighted by Crippen LogP contribution is -2.46. The molecule has 0 aliphatic heterocycles. The number of imidazole rings is 1. The summed E-state index contributed by atoms with van der Waals surface area (Å²) in [6.45, 7) is 4.97. The number of nitrogens with zero attached hydrogens (tertiary/aromatic N) is 2. The minimum atomic E-state index is -2.69. The van der Waals surface area contributed by atoms with Crippen molar-refractivity contribution in [3.63, 3.8) is 0 Å². The van der Waals surface area contributed by atoms with Gasteiger partial charge < -0.3 is 15.7 Å². The van der Waals surface area contributed by atoms with E-state index in [1.165, 1.54) is 6.20 Å². The first kappa shape index (κ1) is 18.3. The van der Waals surface area contributed by atoms with E-state index in [0.29, 0.717) is 4.57 Å². The van der Waals surface area contributed by atoms with Crippen molar-refractivity contribution in [3.8, 4) is 0 Å². The Hall–Kier alpha value is -1.70. The summed E-state index contributed by atoms with van der Waals surface area (Å²) in [5.41, 5.74) is -0.493. The number of carbonyl (C=O) groups is 1. The molecule has 3 N–H and O–H groups in total. The van der Waals surface area contributed by atoms with E-state index in [1.807, 2.05) is 27.7 Å². The van der Waals surface area contributed by atoms with Crippen LogP contribution in [-0.2, 0) is 6.54 Å². The summed E-state index contributed by atoms with van der Waals surface area (Å²) in [6.07, 6.45) is 1.84. The van der Waals surface area contributed by atoms with Crippen molar-refractivity contribution in [2.75, 3.05) is 6.54 Å². The number of aliphatic hydroxyl groups is 1. The summed E-state index contributed by atoms with van der Waals surface area (Å²) < 4.78 is 25.9. The monoisotopic (exact) mass is 318 g/mol. The molecule has 2 amide bonds. The van der Waals surface area contributed by atoms with Crippen LogP contribution in [0.5, 0.6) is 0 Å². The van der Waals surface area contributed by atoms with E-state index in [4.69, 9.17) is 0 Å². The van der Waals surface area contributed by atoms with E-state index in [1.54, 1.807) is 0 Å². The molecule has 0 spiro atoms. The second-order valence-electron chi connectivity index (χ2n) is 6.24. The van der Waals surface area contributed by atoms with Gasteiger partial charge in [0.15, 0.2) is 0 Å². The van der Waals surface area contributed by atoms with Crippen LogP contribution in [0.25, 0.3) is 0 Å². The number of hydrogen-bond acceptors (Lipinski definition) is 3. The summed E-state index contributed by atoms with van der Waals surface area (Å²) in [5.74, 6) is 0.144. The zero-order valence-electron chi connectivity index (χ0n) is 13.3. The van der Waals surface area contributed by atoms with Gasteiger partial charge in [-0.1, -0.05) is 27.7 Å². The first-order valence-corrected chi connectivity index (χ1v) is 7.14. The number of rotatable bonds is 7. The average molecular weight is 318 g/mol. The van der Waals surface area contributed by atoms with Crippen LogP contribution in [0.15, 0.2) is 12.4 Å². The Morgan fingerprint density at radius 2 is 2.05 bits per heavy atom. The third-order valence-electron chi connectivity index (χ3n) is 3.50. The molecule has 1 heterocycles. The minimum Gasteiger partial charge on any atom is -0.392 e. The lowest BCUT2D eigenvalue weighted by atomic mass is 9.81. The molecule has 22 heavy (non-hydrogen) atoms. The molecule has 6 nitrogen and oxygen atoms in total. The minimum absolute atomic E-state index is 0.0679. The molecule has 126 valence electrons. The molecule has 0 saturated carbocycles. The first-order chi connectivity index (χ1) is 10.1. The van der Waals surface area contributed by atoms with Gasteiger partial charge in [-0.2, -0.15) is 8.78 Å². The summed E-state index contributed by atoms with van der Waals surface area (Å²) in [4.78, 5) is 15.5. The van der Waals surface area contributed by atoms with Crippen molar-refractivity contribution >= 4 is 6.03 Å². The van der Waals surface area contributed by atoms with Crippen molar-refractivity contribution < 1.29 is 18.7 Å². The van der Waals surface area contributed by atoms with E-state index < -0.39 is 24.1 Å². The third kappa shape index (κ3) is 4.94. The number of aliphatic hydroxyl groups excluding tert-OH is 1. The number of hydrogen-bond donors (Lipinski definition) is 3. The van der Waals surface area contributed by atoms with E-state index in [-0.39, 0.29) is 24.8 Å². The maximum atomic E-state index is 12.6. The summed E-state index contributed by atoms with van der Waals surface area (Å²) in [7, 11) is 0. The fraction of sp³-hybridized carbons (Fsp3) is 0.714. The van der Waals surface area contributed by atoms with Gasteiger partial charge in [0.1, 0.15) is 5.82 Å². The molecule has 0 aliphatic rings. The van der Waals surface area contributed by atoms with Crippen molar-refractivity contribution in [1.29, 1.82) is 0 Å². The van der Waals surface area contributed by atoms with Crippen LogP contribution in [0.1, 0.15) is 40.1 Å². The second-order valence-corrected chi connectivity index (χ2v) is 6.24. The average Bonchev–Trinajstić information content (AvgIpc) is 2.90. The first-order valence-electron chi connectivity index (χ1n) is 7.14.